The predicted molar refractivity (Wildman–Crippen MR) is 101 cm³/mol. The molecule has 134 valence electrons. The lowest BCUT2D eigenvalue weighted by Crippen LogP contribution is -2.14. The van der Waals surface area contributed by atoms with E-state index in [0.717, 1.165) is 23.4 Å². The van der Waals surface area contributed by atoms with Crippen LogP contribution in [0, 0.1) is 13.8 Å². The smallest absolute Gasteiger partial charge is 0.288 e. The second-order valence-electron chi connectivity index (χ2n) is 5.68. The van der Waals surface area contributed by atoms with E-state index in [1.54, 1.807) is 30.6 Å². The van der Waals surface area contributed by atoms with Gasteiger partial charge in [-0.15, -0.1) is 0 Å². The van der Waals surface area contributed by atoms with Crippen molar-refractivity contribution in [1.29, 1.82) is 0 Å². The number of hydrogen-bond donors (Lipinski definition) is 0. The molecule has 0 atom stereocenters. The summed E-state index contributed by atoms with van der Waals surface area (Å²) in [7, 11) is 1.97. The van der Waals surface area contributed by atoms with Gasteiger partial charge < -0.3 is 9.64 Å². The SMILES string of the molecule is CCN(C)/C=N\c1cc(C)c(Oc2cccc(SC(F)F)c2)cc1C. The van der Waals surface area contributed by atoms with Crippen molar-refractivity contribution in [2.75, 3.05) is 13.6 Å². The number of aryl methyl sites for hydroxylation is 2. The summed E-state index contributed by atoms with van der Waals surface area (Å²) in [5.74, 6) is -1.22. The number of thioether (sulfide) groups is 1. The summed E-state index contributed by atoms with van der Waals surface area (Å²) in [6.07, 6.45) is 1.80. The molecular formula is C19H22F2N2OS. The Balaban J connectivity index is 2.21. The van der Waals surface area contributed by atoms with Crippen LogP contribution in [-0.4, -0.2) is 30.6 Å². The maximum Gasteiger partial charge on any atom is 0.288 e. The third kappa shape index (κ3) is 5.74. The first-order chi connectivity index (χ1) is 11.9. The number of ether oxygens (including phenoxy) is 1. The highest BCUT2D eigenvalue weighted by molar-refractivity contribution is 7.99. The van der Waals surface area contributed by atoms with E-state index >= 15 is 0 Å². The number of halogens is 2. The van der Waals surface area contributed by atoms with E-state index in [1.165, 1.54) is 0 Å². The van der Waals surface area contributed by atoms with E-state index in [1.807, 2.05) is 37.9 Å². The fourth-order valence-electron chi connectivity index (χ4n) is 2.11. The maximum atomic E-state index is 12.5. The van der Waals surface area contributed by atoms with E-state index in [2.05, 4.69) is 11.9 Å². The van der Waals surface area contributed by atoms with Crippen LogP contribution in [0.4, 0.5) is 14.5 Å². The molecule has 0 amide bonds. The van der Waals surface area contributed by atoms with Crippen LogP contribution >= 0.6 is 11.8 Å². The van der Waals surface area contributed by atoms with E-state index in [4.69, 9.17) is 4.74 Å². The van der Waals surface area contributed by atoms with Gasteiger partial charge in [-0.3, -0.25) is 0 Å². The largest absolute Gasteiger partial charge is 0.457 e. The molecule has 0 aromatic heterocycles. The van der Waals surface area contributed by atoms with Gasteiger partial charge in [-0.05, 0) is 62.2 Å². The van der Waals surface area contributed by atoms with E-state index in [9.17, 15) is 8.78 Å². The van der Waals surface area contributed by atoms with Crippen molar-refractivity contribution in [2.45, 2.75) is 31.4 Å². The van der Waals surface area contributed by atoms with Gasteiger partial charge in [0.05, 0.1) is 12.0 Å². The van der Waals surface area contributed by atoms with Crippen molar-refractivity contribution >= 4 is 23.8 Å². The fourth-order valence-corrected chi connectivity index (χ4v) is 2.65. The molecule has 0 saturated heterocycles. The molecule has 0 fully saturated rings. The average Bonchev–Trinajstić information content (AvgIpc) is 2.56. The minimum atomic E-state index is -2.45. The van der Waals surface area contributed by atoms with Crippen LogP contribution in [0.15, 0.2) is 46.3 Å². The first-order valence-corrected chi connectivity index (χ1v) is 8.85. The molecule has 0 aliphatic rings. The zero-order chi connectivity index (χ0) is 18.4. The molecule has 2 rings (SSSR count). The Morgan fingerprint density at radius 1 is 1.20 bits per heavy atom. The van der Waals surface area contributed by atoms with Crippen molar-refractivity contribution in [3.8, 4) is 11.5 Å². The molecule has 0 aliphatic heterocycles. The molecular weight excluding hydrogens is 342 g/mol. The molecule has 3 nitrogen and oxygen atoms in total. The number of nitrogens with zero attached hydrogens (tertiary/aromatic N) is 2. The second kappa shape index (κ2) is 8.85. The van der Waals surface area contributed by atoms with Crippen LogP contribution in [0.25, 0.3) is 0 Å². The summed E-state index contributed by atoms with van der Waals surface area (Å²) in [6, 6.07) is 10.6. The van der Waals surface area contributed by atoms with Gasteiger partial charge in [-0.2, -0.15) is 8.78 Å². The highest BCUT2D eigenvalue weighted by Gasteiger charge is 2.09. The fraction of sp³-hybridized carbons (Fsp3) is 0.316. The highest BCUT2D eigenvalue weighted by Crippen LogP contribution is 2.34. The van der Waals surface area contributed by atoms with Crippen LogP contribution in [0.3, 0.4) is 0 Å². The quantitative estimate of drug-likeness (QED) is 0.341. The van der Waals surface area contributed by atoms with E-state index < -0.39 is 5.76 Å². The zero-order valence-corrected chi connectivity index (χ0v) is 15.6. The van der Waals surface area contributed by atoms with E-state index in [0.29, 0.717) is 28.2 Å². The second-order valence-corrected chi connectivity index (χ2v) is 6.74. The molecule has 6 heteroatoms. The molecule has 25 heavy (non-hydrogen) atoms. The lowest BCUT2D eigenvalue weighted by molar-refractivity contribution is 0.252. The van der Waals surface area contributed by atoms with Gasteiger partial charge in [0.2, 0.25) is 0 Å². The predicted octanol–water partition coefficient (Wildman–Crippen LogP) is 6.02. The third-order valence-corrected chi connectivity index (χ3v) is 4.35. The standard InChI is InChI=1S/C19H22F2N2OS/c1-5-23(4)12-22-17-9-14(3)18(10-13(17)2)24-15-7-6-8-16(11-15)25-19(20)21/h6-12,19H,5H2,1-4H3/b22-12-. The Kier molecular flexibility index (Phi) is 6.82. The van der Waals surface area contributed by atoms with Crippen LogP contribution in [0.1, 0.15) is 18.1 Å². The van der Waals surface area contributed by atoms with Gasteiger partial charge in [0.15, 0.2) is 0 Å². The Morgan fingerprint density at radius 2 is 1.96 bits per heavy atom. The monoisotopic (exact) mass is 364 g/mol. The molecule has 0 saturated carbocycles. The minimum absolute atomic E-state index is 0.477. The Labute approximate surface area is 151 Å². The molecule has 0 aliphatic carbocycles. The molecule has 0 bridgehead atoms. The van der Waals surface area contributed by atoms with Crippen LogP contribution in [0.2, 0.25) is 0 Å². The van der Waals surface area contributed by atoms with Gasteiger partial charge in [0.25, 0.3) is 5.76 Å². The number of rotatable bonds is 7. The maximum absolute atomic E-state index is 12.5. The summed E-state index contributed by atoms with van der Waals surface area (Å²) >= 11 is 0.507. The molecule has 0 heterocycles. The Morgan fingerprint density at radius 3 is 2.64 bits per heavy atom. The van der Waals surface area contributed by atoms with Gasteiger partial charge in [0, 0.05) is 18.5 Å². The first-order valence-electron chi connectivity index (χ1n) is 7.97. The lowest BCUT2D eigenvalue weighted by atomic mass is 10.1. The summed E-state index contributed by atoms with van der Waals surface area (Å²) < 4.78 is 30.9. The summed E-state index contributed by atoms with van der Waals surface area (Å²) in [5, 5.41) is 0. The molecule has 0 spiro atoms. The van der Waals surface area contributed by atoms with Gasteiger partial charge in [-0.25, -0.2) is 4.99 Å². The Hall–Kier alpha value is -2.08. The van der Waals surface area contributed by atoms with Crippen LogP contribution < -0.4 is 4.74 Å². The first kappa shape index (κ1) is 19.2. The average molecular weight is 364 g/mol. The third-order valence-electron chi connectivity index (χ3n) is 3.64. The van der Waals surface area contributed by atoms with Crippen LogP contribution in [0.5, 0.6) is 11.5 Å². The van der Waals surface area contributed by atoms with Crippen molar-refractivity contribution in [3.63, 3.8) is 0 Å². The number of hydrogen-bond acceptors (Lipinski definition) is 3. The normalized spacial score (nSPS) is 11.3. The van der Waals surface area contributed by atoms with Crippen molar-refractivity contribution in [2.24, 2.45) is 4.99 Å². The number of aliphatic imine (C=N–C) groups is 1. The van der Waals surface area contributed by atoms with Gasteiger partial charge in [0.1, 0.15) is 11.5 Å². The highest BCUT2D eigenvalue weighted by atomic mass is 32.2. The van der Waals surface area contributed by atoms with Crippen molar-refractivity contribution < 1.29 is 13.5 Å². The van der Waals surface area contributed by atoms with Crippen molar-refractivity contribution in [3.05, 3.63) is 47.5 Å². The number of alkyl halides is 2. The minimum Gasteiger partial charge on any atom is -0.457 e. The Bertz CT molecular complexity index is 750. The summed E-state index contributed by atoms with van der Waals surface area (Å²) in [4.78, 5) is 6.96. The molecule has 0 radical (unpaired) electrons. The summed E-state index contributed by atoms with van der Waals surface area (Å²) in [5.41, 5.74) is 2.80. The van der Waals surface area contributed by atoms with E-state index in [-0.39, 0.29) is 0 Å². The molecule has 2 aromatic carbocycles. The topological polar surface area (TPSA) is 24.8 Å². The van der Waals surface area contributed by atoms with Gasteiger partial charge in [-0.1, -0.05) is 17.8 Å². The van der Waals surface area contributed by atoms with Gasteiger partial charge >= 0.3 is 0 Å². The number of benzene rings is 2. The molecule has 0 N–H and O–H groups in total. The summed E-state index contributed by atoms with van der Waals surface area (Å²) in [6.45, 7) is 6.85. The zero-order valence-electron chi connectivity index (χ0n) is 14.8. The molecule has 0 unspecified atom stereocenters. The van der Waals surface area contributed by atoms with Crippen LogP contribution in [-0.2, 0) is 0 Å². The lowest BCUT2D eigenvalue weighted by Gasteiger charge is -2.13. The molecule has 2 aromatic rings. The van der Waals surface area contributed by atoms with Crippen molar-refractivity contribution in [1.82, 2.24) is 4.90 Å².